The van der Waals surface area contributed by atoms with Gasteiger partial charge >= 0.3 is 0 Å². The highest BCUT2D eigenvalue weighted by atomic mass is 79.9. The van der Waals surface area contributed by atoms with Gasteiger partial charge in [-0.3, -0.25) is 0 Å². The number of nitrogens with zero attached hydrogens (tertiary/aromatic N) is 5. The molecule has 0 amide bonds. The van der Waals surface area contributed by atoms with Gasteiger partial charge in [0.15, 0.2) is 0 Å². The molecule has 8 nitrogen and oxygen atoms in total. The molecule has 1 aliphatic rings. The predicted octanol–water partition coefficient (Wildman–Crippen LogP) is 0.222. The molecule has 0 aliphatic carbocycles. The van der Waals surface area contributed by atoms with Gasteiger partial charge in [-0.2, -0.15) is 4.31 Å². The number of anilines is 1. The van der Waals surface area contributed by atoms with Crippen molar-refractivity contribution in [3.63, 3.8) is 0 Å². The van der Waals surface area contributed by atoms with Crippen molar-refractivity contribution < 1.29 is 8.42 Å². The number of hydrogen-bond donors (Lipinski definition) is 1. The number of aromatic nitrogens is 4. The number of hydrogen-bond acceptors (Lipinski definition) is 6. The average molecular weight is 359 g/mol. The van der Waals surface area contributed by atoms with Crippen LogP contribution in [-0.2, 0) is 23.1 Å². The first kappa shape index (κ1) is 13.5. The molecule has 3 heterocycles. The zero-order valence-electron chi connectivity index (χ0n) is 10.3. The van der Waals surface area contributed by atoms with Crippen LogP contribution in [0.25, 0.3) is 0 Å². The summed E-state index contributed by atoms with van der Waals surface area (Å²) >= 11 is 3.20. The molecule has 2 aromatic heterocycles. The van der Waals surface area contributed by atoms with Crippen LogP contribution in [0.1, 0.15) is 5.82 Å². The highest BCUT2D eigenvalue weighted by Crippen LogP contribution is 2.26. The number of halogens is 1. The first-order valence-electron chi connectivity index (χ1n) is 5.76. The van der Waals surface area contributed by atoms with E-state index in [1.807, 2.05) is 4.57 Å². The third-order valence-corrected chi connectivity index (χ3v) is 5.38. The fraction of sp³-hybridized carbons (Fsp3) is 0.300. The van der Waals surface area contributed by atoms with Gasteiger partial charge in [0.1, 0.15) is 22.9 Å². The molecule has 0 saturated carbocycles. The number of nitrogens with two attached hydrogens (primary N) is 1. The number of fused-ring (bicyclic) bond motifs is 1. The molecule has 2 aromatic rings. The summed E-state index contributed by atoms with van der Waals surface area (Å²) in [4.78, 5) is 3.87. The number of nitrogen functional groups attached to an aromatic ring is 1. The van der Waals surface area contributed by atoms with Crippen LogP contribution in [0, 0.1) is 0 Å². The second kappa shape index (κ2) is 4.79. The topological polar surface area (TPSA) is 107 Å². The summed E-state index contributed by atoms with van der Waals surface area (Å²) in [6.45, 7) is 1.04. The third kappa shape index (κ3) is 2.19. The molecule has 10 heteroatoms. The monoisotopic (exact) mass is 358 g/mol. The lowest BCUT2D eigenvalue weighted by molar-refractivity contribution is 0.335. The Kier molecular flexibility index (Phi) is 3.22. The number of pyridine rings is 1. The van der Waals surface area contributed by atoms with E-state index in [0.717, 1.165) is 0 Å². The summed E-state index contributed by atoms with van der Waals surface area (Å²) in [5, 5.41) is 7.68. The van der Waals surface area contributed by atoms with Gasteiger partial charge in [-0.15, -0.1) is 10.2 Å². The number of rotatable bonds is 2. The first-order valence-corrected chi connectivity index (χ1v) is 7.99. The van der Waals surface area contributed by atoms with Gasteiger partial charge in [0.05, 0.1) is 6.54 Å². The van der Waals surface area contributed by atoms with Crippen LogP contribution in [0.3, 0.4) is 0 Å². The van der Waals surface area contributed by atoms with Gasteiger partial charge < -0.3 is 10.3 Å². The normalized spacial score (nSPS) is 16.1. The highest BCUT2D eigenvalue weighted by molar-refractivity contribution is 9.10. The van der Waals surface area contributed by atoms with Gasteiger partial charge in [-0.05, 0) is 22.0 Å². The van der Waals surface area contributed by atoms with Gasteiger partial charge in [-0.25, -0.2) is 13.4 Å². The van der Waals surface area contributed by atoms with E-state index in [1.165, 1.54) is 16.6 Å². The van der Waals surface area contributed by atoms with Gasteiger partial charge in [0.2, 0.25) is 10.0 Å². The molecular formula is C10H11BrN6O2S. The molecule has 2 N–H and O–H groups in total. The van der Waals surface area contributed by atoms with Crippen molar-refractivity contribution in [3.05, 3.63) is 28.9 Å². The Hall–Kier alpha value is -1.52. The minimum Gasteiger partial charge on any atom is -0.383 e. The largest absolute Gasteiger partial charge is 0.383 e. The molecule has 0 radical (unpaired) electrons. The van der Waals surface area contributed by atoms with Crippen molar-refractivity contribution in [1.82, 2.24) is 24.1 Å². The Morgan fingerprint density at radius 2 is 2.15 bits per heavy atom. The van der Waals surface area contributed by atoms with Crippen LogP contribution >= 0.6 is 15.9 Å². The Labute approximate surface area is 123 Å². The van der Waals surface area contributed by atoms with E-state index in [2.05, 4.69) is 31.1 Å². The average Bonchev–Trinajstić information content (AvgIpc) is 2.88. The van der Waals surface area contributed by atoms with E-state index in [9.17, 15) is 8.42 Å². The van der Waals surface area contributed by atoms with Gasteiger partial charge in [0, 0.05) is 23.8 Å². The fourth-order valence-electron chi connectivity index (χ4n) is 2.03. The minimum atomic E-state index is -3.70. The molecule has 0 bridgehead atoms. The molecule has 1 aliphatic heterocycles. The van der Waals surface area contributed by atoms with Crippen molar-refractivity contribution in [2.75, 3.05) is 12.3 Å². The van der Waals surface area contributed by atoms with Crippen molar-refractivity contribution >= 4 is 31.8 Å². The van der Waals surface area contributed by atoms with Crippen molar-refractivity contribution in [3.8, 4) is 0 Å². The number of sulfonamides is 1. The van der Waals surface area contributed by atoms with Crippen LogP contribution in [0.2, 0.25) is 0 Å². The van der Waals surface area contributed by atoms with Crippen LogP contribution in [0.4, 0.5) is 5.82 Å². The molecule has 106 valence electrons. The SMILES string of the molecule is Nc1ncc(Br)cc1S(=O)(=O)N1CCn2cnnc2C1. The van der Waals surface area contributed by atoms with Crippen molar-refractivity contribution in [2.45, 2.75) is 18.0 Å². The lowest BCUT2D eigenvalue weighted by atomic mass is 10.4. The molecule has 0 saturated heterocycles. The molecule has 0 aromatic carbocycles. The Morgan fingerprint density at radius 3 is 2.95 bits per heavy atom. The standard InChI is InChI=1S/C10H11BrN6O2S/c11-7-3-8(10(12)13-4-7)20(18,19)17-2-1-16-6-14-15-9(16)5-17/h3-4,6H,1-2,5H2,(H2,12,13). The molecular weight excluding hydrogens is 348 g/mol. The van der Waals surface area contributed by atoms with E-state index in [4.69, 9.17) is 5.73 Å². The summed E-state index contributed by atoms with van der Waals surface area (Å²) in [6, 6.07) is 1.46. The smallest absolute Gasteiger partial charge is 0.247 e. The van der Waals surface area contributed by atoms with Crippen LogP contribution in [0.15, 0.2) is 28.0 Å². The van der Waals surface area contributed by atoms with E-state index >= 15 is 0 Å². The van der Waals surface area contributed by atoms with Gasteiger partial charge in [0.25, 0.3) is 0 Å². The quantitative estimate of drug-likeness (QED) is 0.822. The Balaban J connectivity index is 1.99. The third-order valence-electron chi connectivity index (χ3n) is 3.07. The maximum atomic E-state index is 12.6. The lowest BCUT2D eigenvalue weighted by Gasteiger charge is -2.26. The molecule has 0 unspecified atom stereocenters. The van der Waals surface area contributed by atoms with Crippen molar-refractivity contribution in [2.24, 2.45) is 0 Å². The zero-order chi connectivity index (χ0) is 14.3. The minimum absolute atomic E-state index is 0.000148. The fourth-order valence-corrected chi connectivity index (χ4v) is 3.99. The summed E-state index contributed by atoms with van der Waals surface area (Å²) in [5.41, 5.74) is 5.69. The first-order chi connectivity index (χ1) is 9.48. The Bertz CT molecular complexity index is 759. The second-order valence-corrected chi connectivity index (χ2v) is 7.14. The molecule has 0 fully saturated rings. The predicted molar refractivity (Wildman–Crippen MR) is 74.0 cm³/mol. The van der Waals surface area contributed by atoms with Crippen LogP contribution < -0.4 is 5.73 Å². The molecule has 3 rings (SSSR count). The molecule has 0 spiro atoms. The molecule has 20 heavy (non-hydrogen) atoms. The van der Waals surface area contributed by atoms with Crippen LogP contribution in [0.5, 0.6) is 0 Å². The summed E-state index contributed by atoms with van der Waals surface area (Å²) in [6.07, 6.45) is 3.05. The zero-order valence-corrected chi connectivity index (χ0v) is 12.7. The Morgan fingerprint density at radius 1 is 1.35 bits per heavy atom. The van der Waals surface area contributed by atoms with Crippen molar-refractivity contribution in [1.29, 1.82) is 0 Å². The second-order valence-electron chi connectivity index (χ2n) is 4.32. The summed E-state index contributed by atoms with van der Waals surface area (Å²) in [7, 11) is -3.70. The van der Waals surface area contributed by atoms with E-state index in [-0.39, 0.29) is 17.3 Å². The van der Waals surface area contributed by atoms with Crippen LogP contribution in [-0.4, -0.2) is 39.0 Å². The maximum Gasteiger partial charge on any atom is 0.247 e. The maximum absolute atomic E-state index is 12.6. The van der Waals surface area contributed by atoms with E-state index < -0.39 is 10.0 Å². The summed E-state index contributed by atoms with van der Waals surface area (Å²) in [5.74, 6) is 0.599. The van der Waals surface area contributed by atoms with E-state index in [1.54, 1.807) is 6.33 Å². The lowest BCUT2D eigenvalue weighted by Crippen LogP contribution is -2.38. The van der Waals surface area contributed by atoms with Gasteiger partial charge in [-0.1, -0.05) is 0 Å². The highest BCUT2D eigenvalue weighted by Gasteiger charge is 2.31. The molecule has 0 atom stereocenters. The summed E-state index contributed by atoms with van der Waals surface area (Å²) < 4.78 is 29.0. The van der Waals surface area contributed by atoms with E-state index in [0.29, 0.717) is 23.4 Å².